The predicted molar refractivity (Wildman–Crippen MR) is 103 cm³/mol. The Morgan fingerprint density at radius 3 is 2.29 bits per heavy atom. The molecule has 1 amide bonds. The minimum Gasteiger partial charge on any atom is -0.322 e. The van der Waals surface area contributed by atoms with Gasteiger partial charge in [0.1, 0.15) is 11.6 Å². The predicted octanol–water partition coefficient (Wildman–Crippen LogP) is 4.33. The molecule has 8 heteroatoms. The Morgan fingerprint density at radius 1 is 0.929 bits per heavy atom. The number of benzene rings is 3. The van der Waals surface area contributed by atoms with E-state index in [0.29, 0.717) is 11.3 Å². The average Bonchev–Trinajstić information content (AvgIpc) is 2.65. The van der Waals surface area contributed by atoms with Gasteiger partial charge in [-0.2, -0.15) is 0 Å². The van der Waals surface area contributed by atoms with Gasteiger partial charge in [-0.1, -0.05) is 18.2 Å². The fourth-order valence-corrected chi connectivity index (χ4v) is 3.59. The van der Waals surface area contributed by atoms with E-state index in [-0.39, 0.29) is 16.1 Å². The summed E-state index contributed by atoms with van der Waals surface area (Å²) in [5.41, 5.74) is 0.842. The monoisotopic (exact) mass is 402 g/mol. The molecule has 0 aliphatic heterocycles. The Hall–Kier alpha value is -3.26. The van der Waals surface area contributed by atoms with Gasteiger partial charge in [-0.15, -0.1) is 0 Å². The van der Waals surface area contributed by atoms with Crippen LogP contribution in [0.2, 0.25) is 0 Å². The number of aryl methyl sites for hydroxylation is 1. The summed E-state index contributed by atoms with van der Waals surface area (Å²) in [6.45, 7) is 1.65. The van der Waals surface area contributed by atoms with Crippen molar-refractivity contribution < 1.29 is 22.0 Å². The molecule has 28 heavy (non-hydrogen) atoms. The second-order valence-electron chi connectivity index (χ2n) is 6.02. The smallest absolute Gasteiger partial charge is 0.262 e. The number of carbonyl (C=O) groups excluding carboxylic acids is 1. The lowest BCUT2D eigenvalue weighted by molar-refractivity contribution is 0.102. The highest BCUT2D eigenvalue weighted by molar-refractivity contribution is 7.92. The van der Waals surface area contributed by atoms with Gasteiger partial charge in [0.05, 0.1) is 10.6 Å². The average molecular weight is 402 g/mol. The Labute approximate surface area is 161 Å². The Kier molecular flexibility index (Phi) is 5.41. The maximum Gasteiger partial charge on any atom is 0.262 e. The molecule has 0 aliphatic rings. The van der Waals surface area contributed by atoms with Crippen LogP contribution in [-0.2, 0) is 10.0 Å². The maximum atomic E-state index is 13.8. The van der Waals surface area contributed by atoms with Crippen LogP contribution in [0.5, 0.6) is 0 Å². The van der Waals surface area contributed by atoms with Crippen molar-refractivity contribution in [2.24, 2.45) is 0 Å². The van der Waals surface area contributed by atoms with Crippen molar-refractivity contribution in [3.63, 3.8) is 0 Å². The molecule has 0 unspecified atom stereocenters. The van der Waals surface area contributed by atoms with Crippen LogP contribution < -0.4 is 10.0 Å². The first kappa shape index (κ1) is 19.5. The second-order valence-corrected chi connectivity index (χ2v) is 7.71. The molecule has 2 N–H and O–H groups in total. The molecule has 0 saturated heterocycles. The van der Waals surface area contributed by atoms with Crippen LogP contribution in [-0.4, -0.2) is 14.3 Å². The summed E-state index contributed by atoms with van der Waals surface area (Å²) in [6.07, 6.45) is 0. The van der Waals surface area contributed by atoms with Gasteiger partial charge in [0.15, 0.2) is 0 Å². The van der Waals surface area contributed by atoms with Crippen LogP contribution in [0, 0.1) is 18.6 Å². The highest BCUT2D eigenvalue weighted by Gasteiger charge is 2.19. The number of hydrogen-bond donors (Lipinski definition) is 2. The topological polar surface area (TPSA) is 75.3 Å². The van der Waals surface area contributed by atoms with Crippen molar-refractivity contribution in [3.8, 4) is 0 Å². The van der Waals surface area contributed by atoms with Crippen LogP contribution in [0.15, 0.2) is 71.6 Å². The van der Waals surface area contributed by atoms with Crippen molar-refractivity contribution >= 4 is 27.3 Å². The third-order valence-corrected chi connectivity index (χ3v) is 5.35. The third-order valence-electron chi connectivity index (χ3n) is 3.98. The molecule has 5 nitrogen and oxygen atoms in total. The van der Waals surface area contributed by atoms with Crippen molar-refractivity contribution in [2.75, 3.05) is 10.0 Å². The van der Waals surface area contributed by atoms with Crippen molar-refractivity contribution in [2.45, 2.75) is 11.8 Å². The highest BCUT2D eigenvalue weighted by atomic mass is 32.2. The highest BCUT2D eigenvalue weighted by Crippen LogP contribution is 2.22. The van der Waals surface area contributed by atoms with Crippen molar-refractivity contribution in [3.05, 3.63) is 89.5 Å². The van der Waals surface area contributed by atoms with E-state index in [9.17, 15) is 22.0 Å². The fraction of sp³-hybridized carbons (Fsp3) is 0.0500. The summed E-state index contributed by atoms with van der Waals surface area (Å²) < 4.78 is 54.1. The molecule has 3 aromatic rings. The number of carbonyl (C=O) groups is 1. The zero-order valence-electron chi connectivity index (χ0n) is 14.7. The minimum atomic E-state index is -4.11. The number of rotatable bonds is 5. The zero-order chi connectivity index (χ0) is 20.3. The van der Waals surface area contributed by atoms with Gasteiger partial charge in [0.25, 0.3) is 15.9 Å². The number of nitrogens with one attached hydrogen (secondary N) is 2. The van der Waals surface area contributed by atoms with Gasteiger partial charge in [-0.25, -0.2) is 17.2 Å². The van der Waals surface area contributed by atoms with Gasteiger partial charge >= 0.3 is 0 Å². The van der Waals surface area contributed by atoms with Gasteiger partial charge < -0.3 is 5.32 Å². The number of hydrogen-bond acceptors (Lipinski definition) is 3. The number of sulfonamides is 1. The van der Waals surface area contributed by atoms with Crippen LogP contribution in [0.1, 0.15) is 15.9 Å². The Morgan fingerprint density at radius 2 is 1.61 bits per heavy atom. The lowest BCUT2D eigenvalue weighted by atomic mass is 10.1. The van der Waals surface area contributed by atoms with Gasteiger partial charge in [-0.3, -0.25) is 9.52 Å². The minimum absolute atomic E-state index is 0.126. The standard InChI is InChI=1S/C20H16F2N2O3S/c1-13-6-11-16(28(26,27)24-19-5-3-2-4-18(19)22)12-17(13)20(25)23-15-9-7-14(21)8-10-15/h2-12,24H,1H3,(H,23,25). The largest absolute Gasteiger partial charge is 0.322 e. The Bertz CT molecular complexity index is 1130. The van der Waals surface area contributed by atoms with E-state index < -0.39 is 27.6 Å². The molecule has 3 aromatic carbocycles. The van der Waals surface area contributed by atoms with Gasteiger partial charge in [0, 0.05) is 11.3 Å². The fourth-order valence-electron chi connectivity index (χ4n) is 2.49. The number of anilines is 2. The van der Waals surface area contributed by atoms with Crippen LogP contribution in [0.4, 0.5) is 20.2 Å². The van der Waals surface area contributed by atoms with E-state index in [2.05, 4.69) is 10.0 Å². The molecule has 0 saturated carbocycles. The summed E-state index contributed by atoms with van der Waals surface area (Å²) in [7, 11) is -4.11. The SMILES string of the molecule is Cc1ccc(S(=O)(=O)Nc2ccccc2F)cc1C(=O)Nc1ccc(F)cc1. The summed E-state index contributed by atoms with van der Waals surface area (Å²) in [6, 6.07) is 14.6. The van der Waals surface area contributed by atoms with Crippen molar-refractivity contribution in [1.29, 1.82) is 0 Å². The van der Waals surface area contributed by atoms with E-state index >= 15 is 0 Å². The quantitative estimate of drug-likeness (QED) is 0.667. The molecule has 0 fully saturated rings. The molecular formula is C20H16F2N2O3S. The van der Waals surface area contributed by atoms with Crippen LogP contribution in [0.25, 0.3) is 0 Å². The second kappa shape index (κ2) is 7.77. The van der Waals surface area contributed by atoms with E-state index in [1.807, 2.05) is 0 Å². The lowest BCUT2D eigenvalue weighted by Crippen LogP contribution is -2.17. The first-order chi connectivity index (χ1) is 13.3. The molecule has 0 bridgehead atoms. The molecule has 0 spiro atoms. The number of amides is 1. The molecule has 0 atom stereocenters. The lowest BCUT2D eigenvalue weighted by Gasteiger charge is -2.12. The molecule has 0 heterocycles. The third kappa shape index (κ3) is 4.34. The van der Waals surface area contributed by atoms with Crippen LogP contribution in [0.3, 0.4) is 0 Å². The molecule has 0 radical (unpaired) electrons. The summed E-state index contributed by atoms with van der Waals surface area (Å²) in [4.78, 5) is 12.3. The molecule has 3 rings (SSSR count). The van der Waals surface area contributed by atoms with E-state index in [0.717, 1.165) is 6.07 Å². The normalized spacial score (nSPS) is 11.1. The van der Waals surface area contributed by atoms with E-state index in [4.69, 9.17) is 0 Å². The first-order valence-corrected chi connectivity index (χ1v) is 9.69. The summed E-state index contributed by atoms with van der Waals surface area (Å²) >= 11 is 0. The van der Waals surface area contributed by atoms with Crippen LogP contribution >= 0.6 is 0 Å². The van der Waals surface area contributed by atoms with Gasteiger partial charge in [-0.05, 0) is 61.0 Å². The summed E-state index contributed by atoms with van der Waals surface area (Å²) in [5.74, 6) is -1.71. The zero-order valence-corrected chi connectivity index (χ0v) is 15.6. The molecule has 0 aromatic heterocycles. The van der Waals surface area contributed by atoms with E-state index in [1.54, 1.807) is 6.92 Å². The summed E-state index contributed by atoms with van der Waals surface area (Å²) in [5, 5.41) is 2.58. The van der Waals surface area contributed by atoms with Crippen molar-refractivity contribution in [1.82, 2.24) is 0 Å². The molecule has 0 aliphatic carbocycles. The maximum absolute atomic E-state index is 13.8. The molecular weight excluding hydrogens is 386 g/mol. The first-order valence-electron chi connectivity index (χ1n) is 8.21. The number of para-hydroxylation sites is 1. The number of halogens is 2. The van der Waals surface area contributed by atoms with Gasteiger partial charge in [0.2, 0.25) is 0 Å². The van der Waals surface area contributed by atoms with E-state index in [1.165, 1.54) is 60.7 Å². The molecule has 144 valence electrons. The Balaban J connectivity index is 1.89.